The summed E-state index contributed by atoms with van der Waals surface area (Å²) in [6.07, 6.45) is 4.51. The Morgan fingerprint density at radius 3 is 1.57 bits per heavy atom. The van der Waals surface area contributed by atoms with Crippen LogP contribution in [0, 0.1) is 6.20 Å². The molecule has 0 aliphatic heterocycles. The number of rotatable bonds is 9. The molecule has 4 aromatic rings. The molecule has 4 rings (SSSR count). The minimum Gasteiger partial charge on any atom is -0.483 e. The van der Waals surface area contributed by atoms with Crippen LogP contribution in [0.1, 0.15) is 16.7 Å². The van der Waals surface area contributed by atoms with E-state index in [2.05, 4.69) is 11.2 Å². The third-order valence-electron chi connectivity index (χ3n) is 4.47. The van der Waals surface area contributed by atoms with Crippen LogP contribution in [0.15, 0.2) is 97.2 Å². The third-order valence-corrected chi connectivity index (χ3v) is 4.47. The molecule has 0 saturated carbocycles. The summed E-state index contributed by atoms with van der Waals surface area (Å²) in [5, 5.41) is 0. The summed E-state index contributed by atoms with van der Waals surface area (Å²) in [5.74, 6) is 1.46. The van der Waals surface area contributed by atoms with E-state index in [1.165, 1.54) is 0 Å². The van der Waals surface area contributed by atoms with Crippen molar-refractivity contribution < 1.29 is 14.2 Å². The fraction of sp³-hybridized carbons (Fsp3) is 0.115. The van der Waals surface area contributed by atoms with Gasteiger partial charge >= 0.3 is 0 Å². The number of nitrogens with zero attached hydrogens (tertiary/aromatic N) is 1. The molecule has 0 fully saturated rings. The van der Waals surface area contributed by atoms with Crippen molar-refractivity contribution in [2.45, 2.75) is 19.8 Å². The van der Waals surface area contributed by atoms with E-state index < -0.39 is 0 Å². The maximum atomic E-state index is 6.11. The molecule has 1 aromatic heterocycles. The van der Waals surface area contributed by atoms with Gasteiger partial charge in [-0.25, -0.2) is 4.98 Å². The molecule has 3 aromatic carbocycles. The van der Waals surface area contributed by atoms with Gasteiger partial charge in [0.25, 0.3) is 0 Å². The molecule has 4 heteroatoms. The van der Waals surface area contributed by atoms with Gasteiger partial charge in [0, 0.05) is 0 Å². The second-order valence-electron chi connectivity index (χ2n) is 6.72. The highest BCUT2D eigenvalue weighted by molar-refractivity contribution is 5.48. The van der Waals surface area contributed by atoms with Gasteiger partial charge < -0.3 is 14.2 Å². The van der Waals surface area contributed by atoms with E-state index in [0.717, 1.165) is 16.7 Å². The van der Waals surface area contributed by atoms with Crippen LogP contribution in [0.2, 0.25) is 0 Å². The Kier molecular flexibility index (Phi) is 6.59. The zero-order valence-electron chi connectivity index (χ0n) is 16.5. The first-order valence-electron chi connectivity index (χ1n) is 9.79. The summed E-state index contributed by atoms with van der Waals surface area (Å²) in [6, 6.07) is 29.9. The number of aromatic nitrogens is 1. The lowest BCUT2D eigenvalue weighted by Gasteiger charge is -2.16. The lowest BCUT2D eigenvalue weighted by atomic mass is 10.2. The highest BCUT2D eigenvalue weighted by Gasteiger charge is 2.15. The zero-order chi connectivity index (χ0) is 20.4. The van der Waals surface area contributed by atoms with Gasteiger partial charge in [-0.05, 0) is 16.7 Å². The smallest absolute Gasteiger partial charge is 0.207 e. The number of benzene rings is 3. The van der Waals surface area contributed by atoms with Gasteiger partial charge in [0.05, 0.1) is 6.20 Å². The van der Waals surface area contributed by atoms with E-state index in [-0.39, 0.29) is 0 Å². The van der Waals surface area contributed by atoms with Gasteiger partial charge in [-0.3, -0.25) is 0 Å². The SMILES string of the molecule is [c]1ncc(OCc2ccccc2)c(OCc2ccccc2)c1OCc1ccccc1. The first kappa shape index (κ1) is 19.5. The van der Waals surface area contributed by atoms with E-state index in [9.17, 15) is 0 Å². The molecule has 0 spiro atoms. The predicted octanol–water partition coefficient (Wildman–Crippen LogP) is 5.62. The average molecular weight is 396 g/mol. The van der Waals surface area contributed by atoms with Crippen molar-refractivity contribution in [3.63, 3.8) is 0 Å². The molecule has 1 radical (unpaired) electrons. The number of pyridine rings is 1. The van der Waals surface area contributed by atoms with E-state index in [1.807, 2.05) is 91.0 Å². The summed E-state index contributed by atoms with van der Waals surface area (Å²) in [6.45, 7) is 1.19. The Balaban J connectivity index is 1.54. The third kappa shape index (κ3) is 5.39. The standard InChI is InChI=1S/C26H22NO3/c1-4-10-21(11-5-1)18-28-24-16-27-17-25(29-19-22-12-6-2-7-13-22)26(24)30-20-23-14-8-3-9-15-23/h1-16H,18-20H2. The van der Waals surface area contributed by atoms with Crippen LogP contribution < -0.4 is 14.2 Å². The van der Waals surface area contributed by atoms with Crippen molar-refractivity contribution >= 4 is 0 Å². The fourth-order valence-electron chi connectivity index (χ4n) is 2.90. The molecular weight excluding hydrogens is 374 g/mol. The molecule has 30 heavy (non-hydrogen) atoms. The zero-order valence-corrected chi connectivity index (χ0v) is 16.5. The highest BCUT2D eigenvalue weighted by Crippen LogP contribution is 2.37. The molecule has 0 amide bonds. The predicted molar refractivity (Wildman–Crippen MR) is 115 cm³/mol. The number of ether oxygens (including phenoxy) is 3. The van der Waals surface area contributed by atoms with Crippen molar-refractivity contribution in [3.05, 3.63) is 120 Å². The monoisotopic (exact) mass is 396 g/mol. The van der Waals surface area contributed by atoms with Crippen LogP contribution in [0.25, 0.3) is 0 Å². The Morgan fingerprint density at radius 2 is 1.03 bits per heavy atom. The van der Waals surface area contributed by atoms with Gasteiger partial charge in [0.15, 0.2) is 11.5 Å². The van der Waals surface area contributed by atoms with E-state index in [0.29, 0.717) is 37.1 Å². The lowest BCUT2D eigenvalue weighted by molar-refractivity contribution is 0.228. The van der Waals surface area contributed by atoms with Gasteiger partial charge in [-0.1, -0.05) is 91.0 Å². The van der Waals surface area contributed by atoms with Crippen molar-refractivity contribution in [3.8, 4) is 17.2 Å². The van der Waals surface area contributed by atoms with Crippen LogP contribution >= 0.6 is 0 Å². The van der Waals surface area contributed by atoms with E-state index >= 15 is 0 Å². The molecule has 4 nitrogen and oxygen atoms in total. The van der Waals surface area contributed by atoms with E-state index in [1.54, 1.807) is 6.20 Å². The minimum absolute atomic E-state index is 0.391. The van der Waals surface area contributed by atoms with Crippen LogP contribution in [0.4, 0.5) is 0 Å². The Hall–Kier alpha value is -3.79. The largest absolute Gasteiger partial charge is 0.483 e. The molecule has 1 heterocycles. The summed E-state index contributed by atoms with van der Waals surface area (Å²) in [7, 11) is 0. The molecular formula is C26H22NO3. The van der Waals surface area contributed by atoms with Crippen molar-refractivity contribution in [1.82, 2.24) is 4.98 Å². The van der Waals surface area contributed by atoms with Gasteiger partial charge in [0.1, 0.15) is 26.0 Å². The molecule has 0 atom stereocenters. The van der Waals surface area contributed by atoms with Gasteiger partial charge in [-0.2, -0.15) is 0 Å². The normalized spacial score (nSPS) is 10.4. The maximum Gasteiger partial charge on any atom is 0.207 e. The minimum atomic E-state index is 0.391. The summed E-state index contributed by atoms with van der Waals surface area (Å²) < 4.78 is 18.1. The van der Waals surface area contributed by atoms with Crippen molar-refractivity contribution in [2.24, 2.45) is 0 Å². The summed E-state index contributed by atoms with van der Waals surface area (Å²) in [4.78, 5) is 4.17. The molecule has 0 saturated heterocycles. The fourth-order valence-corrected chi connectivity index (χ4v) is 2.90. The van der Waals surface area contributed by atoms with E-state index in [4.69, 9.17) is 14.2 Å². The van der Waals surface area contributed by atoms with Gasteiger partial charge in [0.2, 0.25) is 5.75 Å². The average Bonchev–Trinajstić information content (AvgIpc) is 2.82. The molecule has 0 aliphatic carbocycles. The first-order chi connectivity index (χ1) is 14.9. The quantitative estimate of drug-likeness (QED) is 0.368. The van der Waals surface area contributed by atoms with Crippen LogP contribution in [0.5, 0.6) is 17.2 Å². The Labute approximate surface area is 176 Å². The van der Waals surface area contributed by atoms with Crippen molar-refractivity contribution in [2.75, 3.05) is 0 Å². The van der Waals surface area contributed by atoms with Crippen LogP contribution in [0.3, 0.4) is 0 Å². The second-order valence-corrected chi connectivity index (χ2v) is 6.72. The molecule has 149 valence electrons. The summed E-state index contributed by atoms with van der Waals surface area (Å²) in [5.41, 5.74) is 3.17. The molecule has 0 unspecified atom stereocenters. The topological polar surface area (TPSA) is 40.6 Å². The highest BCUT2D eigenvalue weighted by atomic mass is 16.5. The molecule has 0 N–H and O–H groups in total. The number of hydrogen-bond donors (Lipinski definition) is 0. The van der Waals surface area contributed by atoms with Gasteiger partial charge in [-0.15, -0.1) is 0 Å². The Bertz CT molecular complexity index is 976. The number of hydrogen-bond acceptors (Lipinski definition) is 4. The van der Waals surface area contributed by atoms with Crippen LogP contribution in [-0.2, 0) is 19.8 Å². The second kappa shape index (κ2) is 10.1. The molecule has 0 aliphatic rings. The summed E-state index contributed by atoms with van der Waals surface area (Å²) >= 11 is 0. The first-order valence-corrected chi connectivity index (χ1v) is 9.79. The lowest BCUT2D eigenvalue weighted by Crippen LogP contribution is -2.04. The van der Waals surface area contributed by atoms with Crippen LogP contribution in [-0.4, -0.2) is 4.98 Å². The Morgan fingerprint density at radius 1 is 0.567 bits per heavy atom. The maximum absolute atomic E-state index is 6.11. The molecule has 0 bridgehead atoms. The van der Waals surface area contributed by atoms with Crippen molar-refractivity contribution in [1.29, 1.82) is 0 Å².